The fourth-order valence-electron chi connectivity index (χ4n) is 6.68. The molecule has 0 aliphatic heterocycles. The zero-order valence-corrected chi connectivity index (χ0v) is 25.4. The van der Waals surface area contributed by atoms with Gasteiger partial charge in [-0.2, -0.15) is 5.10 Å². The van der Waals surface area contributed by atoms with Gasteiger partial charge in [0, 0.05) is 34.5 Å². The van der Waals surface area contributed by atoms with Gasteiger partial charge in [-0.1, -0.05) is 39.0 Å². The largest absolute Gasteiger partial charge is 0.478 e. The summed E-state index contributed by atoms with van der Waals surface area (Å²) in [6.07, 6.45) is 5.78. The van der Waals surface area contributed by atoms with Crippen LogP contribution in [0.15, 0.2) is 76.1 Å². The lowest BCUT2D eigenvalue weighted by Gasteiger charge is -2.36. The van der Waals surface area contributed by atoms with Crippen molar-refractivity contribution in [1.82, 2.24) is 9.78 Å². The predicted molar refractivity (Wildman–Crippen MR) is 172 cm³/mol. The topological polar surface area (TPSA) is 97.4 Å². The first-order valence-corrected chi connectivity index (χ1v) is 15.3. The first kappa shape index (κ1) is 28.7. The SMILES string of the molecule is Cc1cc([C@H](C)Nc2ccccc2C(=O)O)c2oc(-c3ccc4nn([C@H]5C[C@@H](C(C)C)CC[C@@H]5C)cc4c3)cc(=O)c2c1. The van der Waals surface area contributed by atoms with E-state index in [4.69, 9.17) is 9.52 Å². The maximum Gasteiger partial charge on any atom is 0.337 e. The Bertz CT molecular complexity index is 1890. The molecule has 4 atom stereocenters. The number of anilines is 1. The number of nitrogens with zero attached hydrogens (tertiary/aromatic N) is 2. The van der Waals surface area contributed by atoms with Gasteiger partial charge in [0.15, 0.2) is 5.43 Å². The van der Waals surface area contributed by atoms with E-state index >= 15 is 0 Å². The second-order valence-electron chi connectivity index (χ2n) is 12.7. The van der Waals surface area contributed by atoms with Gasteiger partial charge in [-0.05, 0) is 92.8 Å². The Kier molecular flexibility index (Phi) is 7.59. The van der Waals surface area contributed by atoms with Gasteiger partial charge in [-0.25, -0.2) is 4.79 Å². The number of benzene rings is 3. The third-order valence-corrected chi connectivity index (χ3v) is 9.28. The lowest BCUT2D eigenvalue weighted by Crippen LogP contribution is -2.28. The van der Waals surface area contributed by atoms with E-state index in [9.17, 15) is 14.7 Å². The fourth-order valence-corrected chi connectivity index (χ4v) is 6.68. The van der Waals surface area contributed by atoms with Crippen molar-refractivity contribution >= 4 is 33.5 Å². The van der Waals surface area contributed by atoms with Crippen molar-refractivity contribution in [1.29, 1.82) is 0 Å². The van der Waals surface area contributed by atoms with Gasteiger partial charge in [0.2, 0.25) is 0 Å². The number of rotatable bonds is 7. The molecule has 5 aromatic rings. The minimum atomic E-state index is -1.00. The summed E-state index contributed by atoms with van der Waals surface area (Å²) in [5, 5.41) is 19.5. The summed E-state index contributed by atoms with van der Waals surface area (Å²) in [7, 11) is 0. The van der Waals surface area contributed by atoms with Crippen molar-refractivity contribution in [3.63, 3.8) is 0 Å². The Hall–Kier alpha value is -4.39. The summed E-state index contributed by atoms with van der Waals surface area (Å²) in [4.78, 5) is 25.2. The van der Waals surface area contributed by atoms with Crippen LogP contribution in [0.4, 0.5) is 5.69 Å². The van der Waals surface area contributed by atoms with E-state index in [0.717, 1.165) is 34.0 Å². The van der Waals surface area contributed by atoms with E-state index in [1.165, 1.54) is 12.8 Å². The van der Waals surface area contributed by atoms with Crippen LogP contribution in [0.1, 0.15) is 80.5 Å². The number of hydrogen-bond acceptors (Lipinski definition) is 5. The number of hydrogen-bond donors (Lipinski definition) is 2. The van der Waals surface area contributed by atoms with E-state index in [1.54, 1.807) is 30.3 Å². The van der Waals surface area contributed by atoms with E-state index in [2.05, 4.69) is 43.0 Å². The molecule has 222 valence electrons. The first-order valence-electron chi connectivity index (χ1n) is 15.3. The van der Waals surface area contributed by atoms with Crippen molar-refractivity contribution in [3.05, 3.63) is 93.8 Å². The number of aryl methyl sites for hydroxylation is 1. The Morgan fingerprint density at radius 3 is 2.63 bits per heavy atom. The van der Waals surface area contributed by atoms with Crippen LogP contribution in [0.25, 0.3) is 33.2 Å². The van der Waals surface area contributed by atoms with Gasteiger partial charge < -0.3 is 14.8 Å². The lowest BCUT2D eigenvalue weighted by molar-refractivity contribution is 0.0698. The number of carbonyl (C=O) groups is 1. The molecule has 1 aliphatic rings. The smallest absolute Gasteiger partial charge is 0.337 e. The fraction of sp³-hybridized carbons (Fsp3) is 0.361. The van der Waals surface area contributed by atoms with Crippen LogP contribution in [-0.2, 0) is 0 Å². The van der Waals surface area contributed by atoms with Crippen LogP contribution in [0.5, 0.6) is 0 Å². The van der Waals surface area contributed by atoms with Gasteiger partial charge in [0.05, 0.1) is 28.6 Å². The molecule has 6 rings (SSSR count). The van der Waals surface area contributed by atoms with Crippen LogP contribution in [0.3, 0.4) is 0 Å². The molecule has 2 N–H and O–H groups in total. The Balaban J connectivity index is 1.38. The van der Waals surface area contributed by atoms with Gasteiger partial charge in [0.25, 0.3) is 0 Å². The molecular weight excluding hydrogens is 538 g/mol. The highest BCUT2D eigenvalue weighted by Gasteiger charge is 2.31. The first-order chi connectivity index (χ1) is 20.6. The van der Waals surface area contributed by atoms with Crippen molar-refractivity contribution in [3.8, 4) is 11.3 Å². The summed E-state index contributed by atoms with van der Waals surface area (Å²) in [6, 6.07) is 18.3. The standard InChI is InChI=1S/C36H39N3O4/c1-20(2)24-11-10-22(4)32(17-24)39-19-26-16-25(12-13-30(26)38-39)34-18-33(40)29-15-21(3)14-28(35(29)43-34)23(5)37-31-9-7-6-8-27(31)36(41)42/h6-9,12-16,18-20,22-24,32,37H,10-11,17H2,1-5H3,(H,41,42)/t22-,23-,24-,32-/m0/s1. The molecule has 3 aromatic carbocycles. The number of aromatic carboxylic acids is 1. The molecule has 2 heterocycles. The Labute approximate surface area is 251 Å². The van der Waals surface area contributed by atoms with Gasteiger partial charge in [0.1, 0.15) is 11.3 Å². The zero-order chi connectivity index (χ0) is 30.4. The van der Waals surface area contributed by atoms with Crippen LogP contribution in [0, 0.1) is 24.7 Å². The van der Waals surface area contributed by atoms with Crippen molar-refractivity contribution in [2.45, 2.75) is 66.0 Å². The summed E-state index contributed by atoms with van der Waals surface area (Å²) in [6.45, 7) is 10.9. The van der Waals surface area contributed by atoms with Crippen molar-refractivity contribution < 1.29 is 14.3 Å². The summed E-state index contributed by atoms with van der Waals surface area (Å²) >= 11 is 0. The third kappa shape index (κ3) is 5.56. The highest BCUT2D eigenvalue weighted by molar-refractivity contribution is 5.94. The molecule has 1 fully saturated rings. The van der Waals surface area contributed by atoms with Crippen molar-refractivity contribution in [2.75, 3.05) is 5.32 Å². The Morgan fingerprint density at radius 1 is 1.07 bits per heavy atom. The molecule has 0 spiro atoms. The van der Waals surface area contributed by atoms with E-state index in [0.29, 0.717) is 46.2 Å². The van der Waals surface area contributed by atoms with Gasteiger partial charge in [-0.15, -0.1) is 0 Å². The molecule has 7 nitrogen and oxygen atoms in total. The predicted octanol–water partition coefficient (Wildman–Crippen LogP) is 8.62. The summed E-state index contributed by atoms with van der Waals surface area (Å²) < 4.78 is 8.66. The molecular formula is C36H39N3O4. The maximum absolute atomic E-state index is 13.4. The lowest BCUT2D eigenvalue weighted by atomic mass is 9.75. The molecule has 1 aliphatic carbocycles. The molecule has 0 amide bonds. The van der Waals surface area contributed by atoms with Crippen LogP contribution >= 0.6 is 0 Å². The molecule has 43 heavy (non-hydrogen) atoms. The minimum absolute atomic E-state index is 0.120. The van der Waals surface area contributed by atoms with Crippen LogP contribution in [0.2, 0.25) is 0 Å². The molecule has 1 saturated carbocycles. The molecule has 0 unspecified atom stereocenters. The highest BCUT2D eigenvalue weighted by atomic mass is 16.4. The van der Waals surface area contributed by atoms with Gasteiger partial charge >= 0.3 is 5.97 Å². The van der Waals surface area contributed by atoms with Crippen LogP contribution < -0.4 is 10.7 Å². The molecule has 0 radical (unpaired) electrons. The monoisotopic (exact) mass is 577 g/mol. The molecule has 0 bridgehead atoms. The van der Waals surface area contributed by atoms with E-state index in [-0.39, 0.29) is 17.0 Å². The van der Waals surface area contributed by atoms with Crippen molar-refractivity contribution in [2.24, 2.45) is 17.8 Å². The summed E-state index contributed by atoms with van der Waals surface area (Å²) in [5.41, 5.74) is 4.51. The molecule has 2 aromatic heterocycles. The Morgan fingerprint density at radius 2 is 1.86 bits per heavy atom. The second kappa shape index (κ2) is 11.4. The number of nitrogens with one attached hydrogen (secondary N) is 1. The molecule has 7 heteroatoms. The average molecular weight is 578 g/mol. The number of aromatic nitrogens is 2. The van der Waals surface area contributed by atoms with E-state index < -0.39 is 5.97 Å². The number of fused-ring (bicyclic) bond motifs is 2. The molecule has 0 saturated heterocycles. The number of carboxylic acid groups (broad SMARTS) is 1. The normalized spacial score (nSPS) is 19.6. The van der Waals surface area contributed by atoms with Crippen LogP contribution in [-0.4, -0.2) is 20.9 Å². The quantitative estimate of drug-likeness (QED) is 0.201. The third-order valence-electron chi connectivity index (χ3n) is 9.28. The van der Waals surface area contributed by atoms with E-state index in [1.807, 2.05) is 38.1 Å². The minimum Gasteiger partial charge on any atom is -0.478 e. The maximum atomic E-state index is 13.4. The highest BCUT2D eigenvalue weighted by Crippen LogP contribution is 2.40. The van der Waals surface area contributed by atoms with Gasteiger partial charge in [-0.3, -0.25) is 9.48 Å². The number of para-hydroxylation sites is 1. The zero-order valence-electron chi connectivity index (χ0n) is 25.4. The summed E-state index contributed by atoms with van der Waals surface area (Å²) in [5.74, 6) is 1.43. The second-order valence-corrected chi connectivity index (χ2v) is 12.7. The average Bonchev–Trinajstić information content (AvgIpc) is 3.40. The number of carboxylic acids is 1.